The van der Waals surface area contributed by atoms with Crippen molar-refractivity contribution in [2.45, 2.75) is 58.3 Å². The molecule has 0 unspecified atom stereocenters. The lowest BCUT2D eigenvalue weighted by Gasteiger charge is -2.26. The number of hydrogen-bond acceptors (Lipinski definition) is 6. The summed E-state index contributed by atoms with van der Waals surface area (Å²) in [6, 6.07) is 9.63. The van der Waals surface area contributed by atoms with Crippen LogP contribution in [0.25, 0.3) is 11.1 Å². The van der Waals surface area contributed by atoms with E-state index >= 15 is 0 Å². The smallest absolute Gasteiger partial charge is 0.198 e. The third kappa shape index (κ3) is 6.12. The van der Waals surface area contributed by atoms with E-state index < -0.39 is 0 Å². The highest BCUT2D eigenvalue weighted by molar-refractivity contribution is 6.25. The largest absolute Gasteiger partial charge is 0.493 e. The minimum absolute atomic E-state index is 0.00338. The van der Waals surface area contributed by atoms with Gasteiger partial charge in [0.05, 0.1) is 25.4 Å². The number of carbonyl (C=O) groups is 1. The maximum atomic E-state index is 13.6. The van der Waals surface area contributed by atoms with Crippen molar-refractivity contribution in [3.63, 3.8) is 0 Å². The monoisotopic (exact) mass is 506 g/mol. The molecule has 6 nitrogen and oxygen atoms in total. The molecule has 37 heavy (non-hydrogen) atoms. The fraction of sp³-hybridized carbons (Fsp3) is 0.581. The van der Waals surface area contributed by atoms with Gasteiger partial charge < -0.3 is 24.0 Å². The van der Waals surface area contributed by atoms with Gasteiger partial charge in [-0.15, -0.1) is 0 Å². The highest BCUT2D eigenvalue weighted by Crippen LogP contribution is 2.50. The Morgan fingerprint density at radius 2 is 1.19 bits per heavy atom. The van der Waals surface area contributed by atoms with Gasteiger partial charge in [-0.1, -0.05) is 25.0 Å². The Kier molecular flexibility index (Phi) is 9.01. The fourth-order valence-electron chi connectivity index (χ4n) is 5.97. The van der Waals surface area contributed by atoms with Gasteiger partial charge in [-0.05, 0) is 89.8 Å². The standard InChI is InChI=1S/C31H42N2O4/c1-2-35-26-14-15-27(37-23-11-21-33-18-7-4-8-19-33)30-29(26)28-24(31(30)34)12-9-13-25(28)36-22-10-20-32-16-5-3-6-17-32/h9,12-15H,2-8,10-11,16-23H2,1H3. The van der Waals surface area contributed by atoms with E-state index in [1.807, 2.05) is 37.3 Å². The molecule has 0 bridgehead atoms. The average Bonchev–Trinajstić information content (AvgIpc) is 3.25. The van der Waals surface area contributed by atoms with Gasteiger partial charge in [-0.3, -0.25) is 4.79 Å². The minimum Gasteiger partial charge on any atom is -0.493 e. The van der Waals surface area contributed by atoms with Crippen molar-refractivity contribution < 1.29 is 19.0 Å². The van der Waals surface area contributed by atoms with E-state index in [-0.39, 0.29) is 5.78 Å². The highest BCUT2D eigenvalue weighted by atomic mass is 16.5. The Balaban J connectivity index is 1.30. The van der Waals surface area contributed by atoms with Gasteiger partial charge in [0.1, 0.15) is 17.2 Å². The molecule has 0 radical (unpaired) electrons. The lowest BCUT2D eigenvalue weighted by atomic mass is 10.0. The van der Waals surface area contributed by atoms with Crippen LogP contribution in [-0.2, 0) is 0 Å². The third-order valence-corrected chi connectivity index (χ3v) is 7.83. The van der Waals surface area contributed by atoms with Gasteiger partial charge >= 0.3 is 0 Å². The molecule has 0 atom stereocenters. The number of hydrogen-bond donors (Lipinski definition) is 0. The zero-order valence-electron chi connectivity index (χ0n) is 22.4. The van der Waals surface area contributed by atoms with Crippen molar-refractivity contribution in [3.05, 3.63) is 41.5 Å². The summed E-state index contributed by atoms with van der Waals surface area (Å²) in [5.41, 5.74) is 2.96. The minimum atomic E-state index is -0.00338. The van der Waals surface area contributed by atoms with Crippen LogP contribution in [-0.4, -0.2) is 74.7 Å². The third-order valence-electron chi connectivity index (χ3n) is 7.83. The first kappa shape index (κ1) is 26.1. The molecule has 3 aliphatic rings. The molecule has 2 saturated heterocycles. The number of nitrogens with zero attached hydrogens (tertiary/aromatic N) is 2. The van der Waals surface area contributed by atoms with Crippen LogP contribution >= 0.6 is 0 Å². The van der Waals surface area contributed by atoms with E-state index in [2.05, 4.69) is 9.80 Å². The first-order valence-electron chi connectivity index (χ1n) is 14.4. The van der Waals surface area contributed by atoms with E-state index in [0.29, 0.717) is 36.7 Å². The predicted octanol–water partition coefficient (Wildman–Crippen LogP) is 5.81. The molecule has 0 amide bonds. The Morgan fingerprint density at radius 1 is 0.649 bits per heavy atom. The van der Waals surface area contributed by atoms with Crippen LogP contribution in [0.4, 0.5) is 0 Å². The molecule has 0 aromatic heterocycles. The molecule has 0 spiro atoms. The zero-order chi connectivity index (χ0) is 25.5. The molecule has 0 N–H and O–H groups in total. The second kappa shape index (κ2) is 12.8. The van der Waals surface area contributed by atoms with E-state index in [1.165, 1.54) is 64.7 Å². The number of benzene rings is 2. The number of fused-ring (bicyclic) bond motifs is 3. The van der Waals surface area contributed by atoms with Gasteiger partial charge in [-0.2, -0.15) is 0 Å². The lowest BCUT2D eigenvalue weighted by molar-refractivity contribution is 0.103. The molecule has 2 fully saturated rings. The summed E-state index contributed by atoms with van der Waals surface area (Å²) in [6.45, 7) is 10.6. The van der Waals surface area contributed by atoms with Crippen molar-refractivity contribution in [3.8, 4) is 28.4 Å². The van der Waals surface area contributed by atoms with Crippen LogP contribution in [0.5, 0.6) is 17.2 Å². The topological polar surface area (TPSA) is 51.2 Å². The molecule has 0 saturated carbocycles. The van der Waals surface area contributed by atoms with Crippen LogP contribution in [0.1, 0.15) is 74.2 Å². The summed E-state index contributed by atoms with van der Waals surface area (Å²) in [5.74, 6) is 2.12. The number of likely N-dealkylation sites (tertiary alicyclic amines) is 2. The summed E-state index contributed by atoms with van der Waals surface area (Å²) in [5, 5.41) is 0. The molecule has 2 aromatic carbocycles. The lowest BCUT2D eigenvalue weighted by Crippen LogP contribution is -2.31. The first-order chi connectivity index (χ1) is 18.3. The quantitative estimate of drug-likeness (QED) is 0.289. The average molecular weight is 507 g/mol. The molecule has 200 valence electrons. The molecular weight excluding hydrogens is 464 g/mol. The van der Waals surface area contributed by atoms with E-state index in [1.54, 1.807) is 0 Å². The van der Waals surface area contributed by atoms with Crippen LogP contribution in [0.3, 0.4) is 0 Å². The zero-order valence-corrected chi connectivity index (χ0v) is 22.4. The molecule has 1 aliphatic carbocycles. The van der Waals surface area contributed by atoms with Gasteiger partial charge in [-0.25, -0.2) is 0 Å². The van der Waals surface area contributed by atoms with Crippen molar-refractivity contribution in [1.29, 1.82) is 0 Å². The van der Waals surface area contributed by atoms with Gasteiger partial charge in [0.15, 0.2) is 5.78 Å². The van der Waals surface area contributed by atoms with E-state index in [4.69, 9.17) is 14.2 Å². The van der Waals surface area contributed by atoms with Crippen molar-refractivity contribution in [1.82, 2.24) is 9.80 Å². The molecule has 6 heteroatoms. The summed E-state index contributed by atoms with van der Waals surface area (Å²) in [7, 11) is 0. The van der Waals surface area contributed by atoms with Crippen LogP contribution in [0.2, 0.25) is 0 Å². The first-order valence-corrected chi connectivity index (χ1v) is 14.4. The maximum absolute atomic E-state index is 13.6. The number of ketones is 1. The Labute approximate surface area is 221 Å². The number of piperidine rings is 2. The molecule has 2 aliphatic heterocycles. The van der Waals surface area contributed by atoms with E-state index in [9.17, 15) is 4.79 Å². The van der Waals surface area contributed by atoms with E-state index in [0.717, 1.165) is 48.6 Å². The molecule has 2 heterocycles. The summed E-state index contributed by atoms with van der Waals surface area (Å²) in [6.07, 6.45) is 9.81. The summed E-state index contributed by atoms with van der Waals surface area (Å²) >= 11 is 0. The van der Waals surface area contributed by atoms with Crippen LogP contribution in [0, 0.1) is 0 Å². The molecule has 2 aromatic rings. The number of ether oxygens (including phenoxy) is 3. The Bertz CT molecular complexity index is 1060. The Morgan fingerprint density at radius 3 is 1.76 bits per heavy atom. The molecule has 5 rings (SSSR count). The Hall–Kier alpha value is -2.57. The second-order valence-corrected chi connectivity index (χ2v) is 10.5. The SMILES string of the molecule is CCOc1ccc(OCCCN2CCCCC2)c2c1-c1c(OCCCN3CCCCC3)cccc1C2=O. The summed E-state index contributed by atoms with van der Waals surface area (Å²) < 4.78 is 18.5. The highest BCUT2D eigenvalue weighted by Gasteiger charge is 2.35. The number of carbonyl (C=O) groups excluding carboxylic acids is 1. The normalized spacial score (nSPS) is 17.9. The van der Waals surface area contributed by atoms with Gasteiger partial charge in [0, 0.05) is 29.8 Å². The predicted molar refractivity (Wildman–Crippen MR) is 147 cm³/mol. The van der Waals surface area contributed by atoms with Gasteiger partial charge in [0.2, 0.25) is 0 Å². The van der Waals surface area contributed by atoms with Crippen molar-refractivity contribution in [2.24, 2.45) is 0 Å². The maximum Gasteiger partial charge on any atom is 0.198 e. The second-order valence-electron chi connectivity index (χ2n) is 10.5. The van der Waals surface area contributed by atoms with Crippen LogP contribution in [0.15, 0.2) is 30.3 Å². The number of rotatable bonds is 12. The van der Waals surface area contributed by atoms with Crippen LogP contribution < -0.4 is 14.2 Å². The van der Waals surface area contributed by atoms with Crippen molar-refractivity contribution in [2.75, 3.05) is 59.1 Å². The van der Waals surface area contributed by atoms with Gasteiger partial charge in [0.25, 0.3) is 0 Å². The summed E-state index contributed by atoms with van der Waals surface area (Å²) in [4.78, 5) is 18.7. The molecular formula is C31H42N2O4. The van der Waals surface area contributed by atoms with Crippen molar-refractivity contribution >= 4 is 5.78 Å². The fourth-order valence-corrected chi connectivity index (χ4v) is 5.97.